The quantitative estimate of drug-likeness (QED) is 0.0303. The Bertz CT molecular complexity index is 1860. The van der Waals surface area contributed by atoms with Gasteiger partial charge in [0.05, 0.1) is 69.3 Å². The van der Waals surface area contributed by atoms with E-state index in [1.54, 1.807) is 16.8 Å². The Morgan fingerprint density at radius 2 is 1.74 bits per heavy atom. The molecule has 2 aromatic heterocycles. The molecular formula is C34H42N10O6. The minimum atomic E-state index is -0.424. The number of carbonyl (C=O) groups excluding carboxylic acids is 2. The third-order valence-electron chi connectivity index (χ3n) is 8.16. The Labute approximate surface area is 288 Å². The van der Waals surface area contributed by atoms with Gasteiger partial charge < -0.3 is 52.1 Å². The highest BCUT2D eigenvalue weighted by Crippen LogP contribution is 2.34. The third-order valence-corrected chi connectivity index (χ3v) is 8.16. The van der Waals surface area contributed by atoms with Crippen molar-refractivity contribution < 1.29 is 28.9 Å². The zero-order valence-electron chi connectivity index (χ0n) is 27.6. The van der Waals surface area contributed by atoms with Crippen LogP contribution in [0, 0.1) is 5.41 Å². The molecule has 50 heavy (non-hydrogen) atoms. The van der Waals surface area contributed by atoms with E-state index in [9.17, 15) is 14.7 Å². The molecule has 0 aliphatic carbocycles. The van der Waals surface area contributed by atoms with E-state index in [1.165, 1.54) is 18.0 Å². The number of nitrogen functional groups attached to an aromatic ring is 2. The number of amides is 2. The molecule has 0 fully saturated rings. The fraction of sp³-hybridized carbons (Fsp3) is 0.353. The molecule has 1 aliphatic heterocycles. The summed E-state index contributed by atoms with van der Waals surface area (Å²) in [4.78, 5) is 35.0. The fourth-order valence-corrected chi connectivity index (χ4v) is 5.52. The maximum absolute atomic E-state index is 12.9. The number of fused-ring (bicyclic) bond motifs is 2. The van der Waals surface area contributed by atoms with Gasteiger partial charge in [-0.15, -0.1) is 0 Å². The van der Waals surface area contributed by atoms with E-state index < -0.39 is 5.91 Å². The van der Waals surface area contributed by atoms with Crippen LogP contribution in [0.15, 0.2) is 54.5 Å². The summed E-state index contributed by atoms with van der Waals surface area (Å²) < 4.78 is 18.3. The lowest BCUT2D eigenvalue weighted by molar-refractivity contribution is -0.133. The molecule has 0 saturated carbocycles. The predicted molar refractivity (Wildman–Crippen MR) is 187 cm³/mol. The van der Waals surface area contributed by atoms with Gasteiger partial charge in [0.2, 0.25) is 5.91 Å². The fourth-order valence-electron chi connectivity index (χ4n) is 5.52. The average molecular weight is 687 g/mol. The Balaban J connectivity index is 1.03. The number of hydrogen-bond donors (Lipinski definition) is 6. The molecule has 1 aliphatic rings. The number of carbonyl (C=O) groups is 2. The summed E-state index contributed by atoms with van der Waals surface area (Å²) in [6.45, 7) is 3.98. The van der Waals surface area contributed by atoms with Crippen molar-refractivity contribution in [1.82, 2.24) is 30.0 Å². The Morgan fingerprint density at radius 1 is 0.980 bits per heavy atom. The molecule has 3 heterocycles. The minimum Gasteiger partial charge on any atom is -0.506 e. The van der Waals surface area contributed by atoms with Gasteiger partial charge in [0.15, 0.2) is 5.65 Å². The molecule has 0 bridgehead atoms. The van der Waals surface area contributed by atoms with Crippen LogP contribution < -0.4 is 22.5 Å². The first-order valence-electron chi connectivity index (χ1n) is 16.2. The lowest BCUT2D eigenvalue weighted by Gasteiger charge is -2.29. The summed E-state index contributed by atoms with van der Waals surface area (Å²) in [7, 11) is 0. The number of hydrogen-bond acceptors (Lipinski definition) is 13. The second-order valence-corrected chi connectivity index (χ2v) is 11.5. The van der Waals surface area contributed by atoms with E-state index in [1.807, 2.05) is 11.0 Å². The molecule has 16 heteroatoms. The molecule has 2 amide bonds. The Kier molecular flexibility index (Phi) is 12.3. The van der Waals surface area contributed by atoms with E-state index >= 15 is 0 Å². The first kappa shape index (κ1) is 35.7. The highest BCUT2D eigenvalue weighted by Gasteiger charge is 2.22. The number of phenolic OH excluding ortho intramolecular Hbond substituents is 1. The number of nitrogens with zero attached hydrogens (tertiary/aromatic N) is 5. The number of aromatic nitrogens is 4. The summed E-state index contributed by atoms with van der Waals surface area (Å²) >= 11 is 0. The van der Waals surface area contributed by atoms with Gasteiger partial charge in [0, 0.05) is 37.6 Å². The van der Waals surface area contributed by atoms with Crippen molar-refractivity contribution in [3.63, 3.8) is 0 Å². The summed E-state index contributed by atoms with van der Waals surface area (Å²) in [5.74, 6) is -0.0913. The van der Waals surface area contributed by atoms with Crippen molar-refractivity contribution in [2.24, 2.45) is 5.73 Å². The van der Waals surface area contributed by atoms with Crippen LogP contribution in [0.3, 0.4) is 0 Å². The molecule has 0 saturated heterocycles. The molecule has 4 aromatic rings. The molecule has 9 N–H and O–H groups in total. The minimum absolute atomic E-state index is 0.00948. The van der Waals surface area contributed by atoms with E-state index in [2.05, 4.69) is 27.4 Å². The van der Waals surface area contributed by atoms with Crippen LogP contribution in [0.5, 0.6) is 5.75 Å². The van der Waals surface area contributed by atoms with Crippen LogP contribution in [0.1, 0.15) is 23.1 Å². The van der Waals surface area contributed by atoms with Gasteiger partial charge in [-0.1, -0.05) is 18.2 Å². The first-order valence-corrected chi connectivity index (χ1v) is 16.2. The molecule has 5 rings (SSSR count). The second kappa shape index (κ2) is 17.2. The molecular weight excluding hydrogens is 644 g/mol. The van der Waals surface area contributed by atoms with Gasteiger partial charge in [-0.25, -0.2) is 14.6 Å². The number of phenols is 1. The largest absolute Gasteiger partial charge is 0.506 e. The molecule has 264 valence electrons. The average Bonchev–Trinajstić information content (AvgIpc) is 3.49. The second-order valence-electron chi connectivity index (χ2n) is 11.5. The summed E-state index contributed by atoms with van der Waals surface area (Å²) in [6, 6.07) is 11.1. The topological polar surface area (TPSA) is 243 Å². The van der Waals surface area contributed by atoms with Crippen molar-refractivity contribution in [1.29, 1.82) is 5.41 Å². The molecule has 2 aromatic carbocycles. The molecule has 0 spiro atoms. The Hall–Kier alpha value is -5.58. The number of aromatic hydroxyl groups is 1. The van der Waals surface area contributed by atoms with Crippen molar-refractivity contribution in [3.8, 4) is 17.0 Å². The molecule has 0 unspecified atom stereocenters. The molecule has 0 radical (unpaired) electrons. The van der Waals surface area contributed by atoms with Crippen LogP contribution in [-0.2, 0) is 43.3 Å². The number of benzene rings is 2. The number of anilines is 2. The SMILES string of the molecule is N=C/C(=C\N)C(=O)NCCOCCOCCOCCC(=O)N1CCc2cc(Cn3nc(-c4ccc(O)c(N)c4)c4c(N)ncnc43)ccc2C1. The van der Waals surface area contributed by atoms with Crippen molar-refractivity contribution in [2.45, 2.75) is 25.9 Å². The van der Waals surface area contributed by atoms with Crippen molar-refractivity contribution in [2.75, 3.05) is 64.2 Å². The van der Waals surface area contributed by atoms with Gasteiger partial charge in [0.1, 0.15) is 23.6 Å². The lowest BCUT2D eigenvalue weighted by atomic mass is 9.97. The number of nitrogens with one attached hydrogen (secondary N) is 2. The van der Waals surface area contributed by atoms with Crippen LogP contribution in [0.4, 0.5) is 11.5 Å². The van der Waals surface area contributed by atoms with E-state index in [0.717, 1.165) is 30.0 Å². The third kappa shape index (κ3) is 8.90. The van der Waals surface area contributed by atoms with Crippen LogP contribution >= 0.6 is 0 Å². The number of nitrogens with two attached hydrogens (primary N) is 3. The summed E-state index contributed by atoms with van der Waals surface area (Å²) in [5, 5.41) is 25.0. The predicted octanol–water partition coefficient (Wildman–Crippen LogP) is 1.34. The van der Waals surface area contributed by atoms with E-state index in [-0.39, 0.29) is 29.3 Å². The Morgan fingerprint density at radius 3 is 2.48 bits per heavy atom. The highest BCUT2D eigenvalue weighted by molar-refractivity contribution is 6.11. The maximum atomic E-state index is 12.9. The van der Waals surface area contributed by atoms with Gasteiger partial charge in [-0.3, -0.25) is 9.59 Å². The van der Waals surface area contributed by atoms with Crippen LogP contribution in [-0.4, -0.2) is 101 Å². The maximum Gasteiger partial charge on any atom is 0.254 e. The highest BCUT2D eigenvalue weighted by atomic mass is 16.5. The van der Waals surface area contributed by atoms with E-state index in [4.69, 9.17) is 41.9 Å². The zero-order chi connectivity index (χ0) is 35.5. The monoisotopic (exact) mass is 686 g/mol. The van der Waals surface area contributed by atoms with Crippen LogP contribution in [0.25, 0.3) is 22.3 Å². The zero-order valence-corrected chi connectivity index (χ0v) is 27.6. The van der Waals surface area contributed by atoms with Crippen LogP contribution in [0.2, 0.25) is 0 Å². The van der Waals surface area contributed by atoms with Crippen molar-refractivity contribution in [3.05, 3.63) is 71.2 Å². The van der Waals surface area contributed by atoms with Gasteiger partial charge in [-0.05, 0) is 41.3 Å². The summed E-state index contributed by atoms with van der Waals surface area (Å²) in [5.41, 5.74) is 23.0. The van der Waals surface area contributed by atoms with Gasteiger partial charge >= 0.3 is 0 Å². The summed E-state index contributed by atoms with van der Waals surface area (Å²) in [6.07, 6.45) is 4.40. The van der Waals surface area contributed by atoms with Crippen molar-refractivity contribution >= 4 is 40.6 Å². The standard InChI is InChI=1S/C34H42N10O6/c35-17-26(18-36)34(47)39-7-10-49-12-14-50-13-11-48-9-6-29(46)43-8-5-23-15-22(1-2-25(23)20-43)19-44-33-30(32(38)40-21-41-33)31(42-44)24-3-4-28(45)27(37)16-24/h1-4,15-18,21,35,45H,5-14,19-20,36-37H2,(H,39,47)(H2,38,40,41)/b26-18+,35-17?. The van der Waals surface area contributed by atoms with E-state index in [0.29, 0.717) is 93.9 Å². The normalized spacial score (nSPS) is 13.0. The molecule has 16 nitrogen and oxygen atoms in total. The smallest absolute Gasteiger partial charge is 0.254 e. The van der Waals surface area contributed by atoms with Gasteiger partial charge in [-0.2, -0.15) is 5.10 Å². The number of rotatable bonds is 17. The first-order chi connectivity index (χ1) is 24.3. The lowest BCUT2D eigenvalue weighted by Crippen LogP contribution is -2.36. The van der Waals surface area contributed by atoms with Gasteiger partial charge in [0.25, 0.3) is 5.91 Å². The molecule has 0 atom stereocenters. The number of ether oxygens (including phenoxy) is 3.